The number of likely N-dealkylation sites (N-methyl/N-ethyl adjacent to an activating group) is 1. The number of nitrogens with zero attached hydrogens (tertiary/aromatic N) is 4. The first kappa shape index (κ1) is 27.2. The first-order valence-electron chi connectivity index (χ1n) is 12.2. The standard InChI is InChI=1S/C24H31Cl2N7O4/c1-31-9-11-32(12-10-31)13-14-37-24(36)33-7-5-16(6-8-33)28-23(35)21-19(15-27-30-21)29-22(34)20-17(25)3-2-4-18(20)26/h2-4,15-16H,5-14H2,1H3,(H,27,30)(H,28,35)(H,29,34). The van der Waals surface area contributed by atoms with Crippen LogP contribution in [0.4, 0.5) is 10.5 Å². The van der Waals surface area contributed by atoms with E-state index in [9.17, 15) is 14.4 Å². The van der Waals surface area contributed by atoms with Gasteiger partial charge in [-0.3, -0.25) is 19.6 Å². The van der Waals surface area contributed by atoms with Crippen molar-refractivity contribution in [1.82, 2.24) is 30.2 Å². The molecule has 13 heteroatoms. The molecule has 2 fully saturated rings. The maximum atomic E-state index is 12.9. The first-order valence-corrected chi connectivity index (χ1v) is 13.0. The third-order valence-corrected chi connectivity index (χ3v) is 7.25. The zero-order chi connectivity index (χ0) is 26.4. The minimum Gasteiger partial charge on any atom is -0.448 e. The number of ether oxygens (including phenoxy) is 1. The lowest BCUT2D eigenvalue weighted by molar-refractivity contribution is 0.0707. The van der Waals surface area contributed by atoms with Crippen molar-refractivity contribution in [2.45, 2.75) is 18.9 Å². The number of piperidine rings is 1. The maximum absolute atomic E-state index is 12.9. The largest absolute Gasteiger partial charge is 0.448 e. The predicted molar refractivity (Wildman–Crippen MR) is 140 cm³/mol. The number of amides is 3. The summed E-state index contributed by atoms with van der Waals surface area (Å²) in [5.41, 5.74) is 0.434. The van der Waals surface area contributed by atoms with Crippen molar-refractivity contribution < 1.29 is 19.1 Å². The van der Waals surface area contributed by atoms with Crippen LogP contribution in [0.15, 0.2) is 24.4 Å². The summed E-state index contributed by atoms with van der Waals surface area (Å²) in [7, 11) is 2.11. The summed E-state index contributed by atoms with van der Waals surface area (Å²) < 4.78 is 5.46. The number of aromatic amines is 1. The van der Waals surface area contributed by atoms with Gasteiger partial charge in [0.15, 0.2) is 0 Å². The number of benzene rings is 1. The summed E-state index contributed by atoms with van der Waals surface area (Å²) in [5, 5.41) is 12.5. The number of likely N-dealkylation sites (tertiary alicyclic amines) is 1. The van der Waals surface area contributed by atoms with Gasteiger partial charge in [-0.2, -0.15) is 5.10 Å². The molecule has 1 aromatic heterocycles. The Bertz CT molecular complexity index is 1090. The van der Waals surface area contributed by atoms with Gasteiger partial charge in [-0.1, -0.05) is 29.3 Å². The van der Waals surface area contributed by atoms with Gasteiger partial charge in [-0.15, -0.1) is 0 Å². The molecule has 0 saturated carbocycles. The number of rotatable bonds is 7. The Hall–Kier alpha value is -2.86. The van der Waals surface area contributed by atoms with Gasteiger partial charge in [-0.05, 0) is 32.0 Å². The number of nitrogens with one attached hydrogen (secondary N) is 3. The topological polar surface area (TPSA) is 123 Å². The fourth-order valence-electron chi connectivity index (χ4n) is 4.34. The second-order valence-electron chi connectivity index (χ2n) is 9.20. The predicted octanol–water partition coefficient (Wildman–Crippen LogP) is 2.55. The van der Waals surface area contributed by atoms with Gasteiger partial charge in [0.1, 0.15) is 12.3 Å². The van der Waals surface area contributed by atoms with Crippen LogP contribution in [0.1, 0.15) is 33.7 Å². The molecular weight excluding hydrogens is 521 g/mol. The molecule has 200 valence electrons. The van der Waals surface area contributed by atoms with Crippen molar-refractivity contribution in [3.8, 4) is 0 Å². The normalized spacial score (nSPS) is 17.4. The van der Waals surface area contributed by atoms with Crippen LogP contribution in [0.3, 0.4) is 0 Å². The molecule has 4 rings (SSSR count). The number of piperazine rings is 1. The molecule has 2 aliphatic rings. The van der Waals surface area contributed by atoms with Crippen LogP contribution in [0.2, 0.25) is 10.0 Å². The smallest absolute Gasteiger partial charge is 0.409 e. The molecule has 0 unspecified atom stereocenters. The fraction of sp³-hybridized carbons (Fsp3) is 0.500. The third kappa shape index (κ3) is 7.13. The van der Waals surface area contributed by atoms with Crippen LogP contribution in [0.5, 0.6) is 0 Å². The molecule has 11 nitrogen and oxygen atoms in total. The van der Waals surface area contributed by atoms with Gasteiger partial charge < -0.3 is 25.2 Å². The summed E-state index contributed by atoms with van der Waals surface area (Å²) >= 11 is 12.2. The van der Waals surface area contributed by atoms with Crippen LogP contribution in [-0.4, -0.2) is 108 Å². The van der Waals surface area contributed by atoms with Gasteiger partial charge in [0.25, 0.3) is 11.8 Å². The summed E-state index contributed by atoms with van der Waals surface area (Å²) in [6, 6.07) is 4.62. The molecule has 3 heterocycles. The van der Waals surface area contributed by atoms with Crippen molar-refractivity contribution in [1.29, 1.82) is 0 Å². The van der Waals surface area contributed by atoms with Gasteiger partial charge in [0.2, 0.25) is 0 Å². The van der Waals surface area contributed by atoms with Crippen molar-refractivity contribution in [3.63, 3.8) is 0 Å². The van der Waals surface area contributed by atoms with Crippen LogP contribution >= 0.6 is 23.2 Å². The van der Waals surface area contributed by atoms with Gasteiger partial charge in [0.05, 0.1) is 27.5 Å². The number of carbonyl (C=O) groups excluding carboxylic acids is 3. The monoisotopic (exact) mass is 551 g/mol. The van der Waals surface area contributed by atoms with Crippen LogP contribution in [-0.2, 0) is 4.74 Å². The number of carbonyl (C=O) groups is 3. The summed E-state index contributed by atoms with van der Waals surface area (Å²) in [6.07, 6.45) is 2.20. The lowest BCUT2D eigenvalue weighted by Gasteiger charge is -2.33. The summed E-state index contributed by atoms with van der Waals surface area (Å²) in [6.45, 7) is 6.07. The van der Waals surface area contributed by atoms with Gasteiger partial charge in [-0.25, -0.2) is 4.79 Å². The summed E-state index contributed by atoms with van der Waals surface area (Å²) in [5.74, 6) is -0.961. The Morgan fingerprint density at radius 3 is 2.41 bits per heavy atom. The second-order valence-corrected chi connectivity index (χ2v) is 10.0. The molecule has 3 N–H and O–H groups in total. The molecule has 0 aliphatic carbocycles. The van der Waals surface area contributed by atoms with E-state index in [2.05, 4.69) is 37.7 Å². The molecule has 37 heavy (non-hydrogen) atoms. The number of hydrogen-bond donors (Lipinski definition) is 3. The highest BCUT2D eigenvalue weighted by Crippen LogP contribution is 2.26. The van der Waals surface area contributed by atoms with E-state index >= 15 is 0 Å². The number of aromatic nitrogens is 2. The van der Waals surface area contributed by atoms with Crippen molar-refractivity contribution in [3.05, 3.63) is 45.7 Å². The minimum atomic E-state index is -0.550. The Morgan fingerprint density at radius 1 is 1.05 bits per heavy atom. The molecule has 0 atom stereocenters. The number of H-pyrrole nitrogens is 1. The lowest BCUT2D eigenvalue weighted by atomic mass is 10.1. The van der Waals surface area contributed by atoms with Crippen LogP contribution in [0, 0.1) is 0 Å². The molecule has 2 aliphatic heterocycles. The highest BCUT2D eigenvalue weighted by Gasteiger charge is 2.27. The van der Waals surface area contributed by atoms with E-state index in [4.69, 9.17) is 27.9 Å². The zero-order valence-corrected chi connectivity index (χ0v) is 22.1. The van der Waals surface area contributed by atoms with Crippen molar-refractivity contribution in [2.75, 3.05) is 64.8 Å². The number of anilines is 1. The zero-order valence-electron chi connectivity index (χ0n) is 20.6. The Labute approximate surface area is 225 Å². The molecule has 0 spiro atoms. The fourth-order valence-corrected chi connectivity index (χ4v) is 4.91. The van der Waals surface area contributed by atoms with Crippen molar-refractivity contribution in [2.24, 2.45) is 0 Å². The van der Waals surface area contributed by atoms with Crippen LogP contribution in [0.25, 0.3) is 0 Å². The third-order valence-electron chi connectivity index (χ3n) is 6.62. The van der Waals surface area contributed by atoms with E-state index in [1.54, 1.807) is 23.1 Å². The average molecular weight is 552 g/mol. The lowest BCUT2D eigenvalue weighted by Crippen LogP contribution is -2.48. The molecule has 3 amide bonds. The Kier molecular flexibility index (Phi) is 9.25. The minimum absolute atomic E-state index is 0.112. The van der Waals surface area contributed by atoms with Crippen LogP contribution < -0.4 is 10.6 Å². The highest BCUT2D eigenvalue weighted by atomic mass is 35.5. The quantitative estimate of drug-likeness (QED) is 0.483. The Balaban J connectivity index is 1.22. The first-order chi connectivity index (χ1) is 17.8. The van der Waals surface area contributed by atoms with E-state index < -0.39 is 11.8 Å². The maximum Gasteiger partial charge on any atom is 0.409 e. The molecule has 0 bridgehead atoms. The van der Waals surface area contributed by atoms with Crippen molar-refractivity contribution >= 4 is 46.8 Å². The average Bonchev–Trinajstić information content (AvgIpc) is 3.33. The van der Waals surface area contributed by atoms with E-state index in [-0.39, 0.29) is 39.1 Å². The highest BCUT2D eigenvalue weighted by molar-refractivity contribution is 6.40. The SMILES string of the molecule is CN1CCN(CCOC(=O)N2CCC(NC(=O)c3[nH]ncc3NC(=O)c3c(Cl)cccc3Cl)CC2)CC1. The van der Waals surface area contributed by atoms with E-state index in [0.717, 1.165) is 32.7 Å². The second kappa shape index (κ2) is 12.6. The Morgan fingerprint density at radius 2 is 1.73 bits per heavy atom. The number of halogens is 2. The van der Waals surface area contributed by atoms with Gasteiger partial charge >= 0.3 is 6.09 Å². The van der Waals surface area contributed by atoms with E-state index in [1.165, 1.54) is 6.20 Å². The van der Waals surface area contributed by atoms with E-state index in [1.807, 2.05) is 0 Å². The summed E-state index contributed by atoms with van der Waals surface area (Å²) in [4.78, 5) is 44.2. The molecule has 0 radical (unpaired) electrons. The molecule has 1 aromatic carbocycles. The molecule has 2 saturated heterocycles. The molecular formula is C24H31Cl2N7O4. The number of hydrogen-bond acceptors (Lipinski definition) is 7. The van der Waals surface area contributed by atoms with E-state index in [0.29, 0.717) is 32.5 Å². The molecule has 2 aromatic rings. The van der Waals surface area contributed by atoms with Gasteiger partial charge in [0, 0.05) is 51.9 Å².